The van der Waals surface area contributed by atoms with Crippen molar-refractivity contribution < 1.29 is 0 Å². The lowest BCUT2D eigenvalue weighted by atomic mass is 10.1. The van der Waals surface area contributed by atoms with Crippen LogP contribution in [0.15, 0.2) is 54.6 Å². The summed E-state index contributed by atoms with van der Waals surface area (Å²) < 4.78 is 0. The molecule has 0 aliphatic heterocycles. The van der Waals surface area contributed by atoms with E-state index in [0.717, 1.165) is 6.42 Å². The Balaban J connectivity index is 0.000000128. The van der Waals surface area contributed by atoms with Gasteiger partial charge in [0.2, 0.25) is 0 Å². The first-order valence-electron chi connectivity index (χ1n) is 5.42. The molecular formula is C15H12Cl2. The average Bonchev–Trinajstić information content (AvgIpc) is 2.82. The SMILES string of the molecule is C1=Cc2ccccc2C1.Clc1ccccc1Cl. The lowest BCUT2D eigenvalue weighted by molar-refractivity contribution is 1.31. The summed E-state index contributed by atoms with van der Waals surface area (Å²) in [7, 11) is 0. The van der Waals surface area contributed by atoms with Gasteiger partial charge in [0.05, 0.1) is 10.0 Å². The Kier molecular flexibility index (Phi) is 4.24. The van der Waals surface area contributed by atoms with Crippen LogP contribution in [-0.2, 0) is 6.42 Å². The maximum absolute atomic E-state index is 5.58. The zero-order chi connectivity index (χ0) is 12.1. The molecule has 2 heteroatoms. The predicted molar refractivity (Wildman–Crippen MR) is 75.6 cm³/mol. The Morgan fingerprint density at radius 2 is 1.35 bits per heavy atom. The molecule has 0 bridgehead atoms. The fourth-order valence-electron chi connectivity index (χ4n) is 1.63. The molecule has 0 amide bonds. The molecule has 0 spiro atoms. The van der Waals surface area contributed by atoms with Crippen molar-refractivity contribution >= 4 is 29.3 Å². The van der Waals surface area contributed by atoms with Crippen molar-refractivity contribution in [2.45, 2.75) is 6.42 Å². The van der Waals surface area contributed by atoms with E-state index in [0.29, 0.717) is 10.0 Å². The largest absolute Gasteiger partial charge is 0.0827 e. The minimum Gasteiger partial charge on any atom is -0.0827 e. The van der Waals surface area contributed by atoms with Gasteiger partial charge in [-0.2, -0.15) is 0 Å². The van der Waals surface area contributed by atoms with Crippen LogP contribution in [0.5, 0.6) is 0 Å². The number of benzene rings is 2. The van der Waals surface area contributed by atoms with Crippen molar-refractivity contribution in [3.8, 4) is 0 Å². The van der Waals surface area contributed by atoms with Gasteiger partial charge >= 0.3 is 0 Å². The summed E-state index contributed by atoms with van der Waals surface area (Å²) in [5.41, 5.74) is 2.84. The van der Waals surface area contributed by atoms with Gasteiger partial charge < -0.3 is 0 Å². The Labute approximate surface area is 112 Å². The van der Waals surface area contributed by atoms with Gasteiger partial charge in [-0.3, -0.25) is 0 Å². The summed E-state index contributed by atoms with van der Waals surface area (Å²) in [6, 6.07) is 15.7. The molecule has 0 radical (unpaired) electrons. The molecule has 0 heterocycles. The molecule has 2 aromatic carbocycles. The number of halogens is 2. The van der Waals surface area contributed by atoms with Crippen LogP contribution in [0.25, 0.3) is 6.08 Å². The van der Waals surface area contributed by atoms with Crippen molar-refractivity contribution in [2.75, 3.05) is 0 Å². The number of allylic oxidation sites excluding steroid dienone is 1. The lowest BCUT2D eigenvalue weighted by Crippen LogP contribution is -1.76. The van der Waals surface area contributed by atoms with Crippen molar-refractivity contribution in [3.63, 3.8) is 0 Å². The van der Waals surface area contributed by atoms with Crippen LogP contribution in [0.3, 0.4) is 0 Å². The van der Waals surface area contributed by atoms with E-state index in [1.165, 1.54) is 11.1 Å². The zero-order valence-corrected chi connectivity index (χ0v) is 10.7. The van der Waals surface area contributed by atoms with Crippen LogP contribution in [0, 0.1) is 0 Å². The zero-order valence-electron chi connectivity index (χ0n) is 9.24. The first-order valence-corrected chi connectivity index (χ1v) is 6.17. The quantitative estimate of drug-likeness (QED) is 0.609. The monoisotopic (exact) mass is 262 g/mol. The molecule has 0 atom stereocenters. The van der Waals surface area contributed by atoms with Gasteiger partial charge in [0.1, 0.15) is 0 Å². The summed E-state index contributed by atoms with van der Waals surface area (Å²) in [6.07, 6.45) is 5.50. The summed E-state index contributed by atoms with van der Waals surface area (Å²) in [4.78, 5) is 0. The van der Waals surface area contributed by atoms with E-state index < -0.39 is 0 Å². The van der Waals surface area contributed by atoms with E-state index in [4.69, 9.17) is 23.2 Å². The molecule has 0 saturated heterocycles. The van der Waals surface area contributed by atoms with Crippen molar-refractivity contribution in [1.82, 2.24) is 0 Å². The van der Waals surface area contributed by atoms with Crippen LogP contribution >= 0.6 is 23.2 Å². The molecule has 2 aromatic rings. The van der Waals surface area contributed by atoms with E-state index in [-0.39, 0.29) is 0 Å². The highest BCUT2D eigenvalue weighted by Gasteiger charge is 2.00. The van der Waals surface area contributed by atoms with Crippen molar-refractivity contribution in [1.29, 1.82) is 0 Å². The van der Waals surface area contributed by atoms with Gasteiger partial charge in [-0.05, 0) is 29.7 Å². The molecule has 0 nitrogen and oxygen atoms in total. The molecule has 0 fully saturated rings. The van der Waals surface area contributed by atoms with E-state index in [1.54, 1.807) is 12.1 Å². The third-order valence-electron chi connectivity index (χ3n) is 2.51. The van der Waals surface area contributed by atoms with Gasteiger partial charge in [0.15, 0.2) is 0 Å². The van der Waals surface area contributed by atoms with Crippen LogP contribution in [0.2, 0.25) is 10.0 Å². The second-order valence-corrected chi connectivity index (χ2v) is 4.53. The Morgan fingerprint density at radius 3 is 1.94 bits per heavy atom. The number of rotatable bonds is 0. The molecule has 0 saturated carbocycles. The highest BCUT2D eigenvalue weighted by Crippen LogP contribution is 2.19. The molecule has 17 heavy (non-hydrogen) atoms. The van der Waals surface area contributed by atoms with Crippen LogP contribution in [0.4, 0.5) is 0 Å². The molecule has 0 N–H and O–H groups in total. The highest BCUT2D eigenvalue weighted by atomic mass is 35.5. The fourth-order valence-corrected chi connectivity index (χ4v) is 1.91. The maximum Gasteiger partial charge on any atom is 0.0592 e. The summed E-state index contributed by atoms with van der Waals surface area (Å²) in [6.45, 7) is 0. The first-order chi connectivity index (χ1) is 8.27. The molecule has 0 unspecified atom stereocenters. The lowest BCUT2D eigenvalue weighted by Gasteiger charge is -1.93. The van der Waals surface area contributed by atoms with Crippen molar-refractivity contribution in [2.24, 2.45) is 0 Å². The summed E-state index contributed by atoms with van der Waals surface area (Å²) in [5, 5.41) is 1.21. The normalized spacial score (nSPS) is 11.6. The minimum atomic E-state index is 0.606. The second kappa shape index (κ2) is 5.90. The third kappa shape index (κ3) is 3.36. The maximum atomic E-state index is 5.58. The fraction of sp³-hybridized carbons (Fsp3) is 0.0667. The smallest absolute Gasteiger partial charge is 0.0592 e. The summed E-state index contributed by atoms with van der Waals surface area (Å²) >= 11 is 11.2. The van der Waals surface area contributed by atoms with Crippen LogP contribution < -0.4 is 0 Å². The predicted octanol–water partition coefficient (Wildman–Crippen LogP) is 5.25. The molecule has 3 rings (SSSR count). The number of hydrogen-bond donors (Lipinski definition) is 0. The number of hydrogen-bond acceptors (Lipinski definition) is 0. The van der Waals surface area contributed by atoms with E-state index in [9.17, 15) is 0 Å². The molecule has 86 valence electrons. The van der Waals surface area contributed by atoms with Gasteiger partial charge in [0.25, 0.3) is 0 Å². The molecular weight excluding hydrogens is 251 g/mol. The van der Waals surface area contributed by atoms with E-state index >= 15 is 0 Å². The van der Waals surface area contributed by atoms with Gasteiger partial charge in [-0.25, -0.2) is 0 Å². The summed E-state index contributed by atoms with van der Waals surface area (Å²) in [5.74, 6) is 0. The van der Waals surface area contributed by atoms with Gasteiger partial charge in [-0.15, -0.1) is 0 Å². The van der Waals surface area contributed by atoms with Crippen molar-refractivity contribution in [3.05, 3.63) is 75.8 Å². The Hall–Kier alpha value is -1.24. The topological polar surface area (TPSA) is 0 Å². The third-order valence-corrected chi connectivity index (χ3v) is 3.27. The molecule has 1 aliphatic carbocycles. The average molecular weight is 263 g/mol. The van der Waals surface area contributed by atoms with Gasteiger partial charge in [0, 0.05) is 0 Å². The standard InChI is InChI=1S/C9H8.C6H4Cl2/c1-2-5-9-7-3-6-8(9)4-1;7-5-3-1-2-4-6(5)8/h1-6H,7H2;1-4H. The van der Waals surface area contributed by atoms with Gasteiger partial charge in [-0.1, -0.05) is 71.8 Å². The molecule has 0 aromatic heterocycles. The van der Waals surface area contributed by atoms with E-state index in [1.807, 2.05) is 12.1 Å². The minimum absolute atomic E-state index is 0.606. The number of fused-ring (bicyclic) bond motifs is 1. The molecule has 1 aliphatic rings. The Bertz CT molecular complexity index is 509. The highest BCUT2D eigenvalue weighted by molar-refractivity contribution is 6.41. The Morgan fingerprint density at radius 1 is 0.765 bits per heavy atom. The first kappa shape index (κ1) is 12.2. The van der Waals surface area contributed by atoms with Crippen LogP contribution in [0.1, 0.15) is 11.1 Å². The van der Waals surface area contributed by atoms with Crippen LogP contribution in [-0.4, -0.2) is 0 Å². The van der Waals surface area contributed by atoms with E-state index in [2.05, 4.69) is 36.4 Å². The second-order valence-electron chi connectivity index (χ2n) is 3.72.